The Balaban J connectivity index is 2.30. The van der Waals surface area contributed by atoms with Crippen molar-refractivity contribution in [2.45, 2.75) is 6.92 Å². The molecular weight excluding hydrogens is 226 g/mol. The van der Waals surface area contributed by atoms with Crippen molar-refractivity contribution in [1.29, 1.82) is 5.26 Å². The van der Waals surface area contributed by atoms with E-state index in [4.69, 9.17) is 9.68 Å². The maximum Gasteiger partial charge on any atom is 0.177 e. The van der Waals surface area contributed by atoms with E-state index >= 15 is 0 Å². The fourth-order valence-electron chi connectivity index (χ4n) is 2.06. The molecule has 0 saturated heterocycles. The predicted octanol–water partition coefficient (Wildman–Crippen LogP) is 3.01. The summed E-state index contributed by atoms with van der Waals surface area (Å²) in [4.78, 5) is 4.55. The summed E-state index contributed by atoms with van der Waals surface area (Å²) in [6, 6.07) is 9.52. The second-order valence-corrected chi connectivity index (χ2v) is 4.24. The Morgan fingerprint density at radius 3 is 2.83 bits per heavy atom. The fourth-order valence-corrected chi connectivity index (χ4v) is 2.06. The lowest BCUT2D eigenvalue weighted by Crippen LogP contribution is -1.92. The predicted molar refractivity (Wildman–Crippen MR) is 67.9 cm³/mol. The largest absolute Gasteiger partial charge is 0.461 e. The van der Waals surface area contributed by atoms with E-state index in [0.717, 1.165) is 28.2 Å². The van der Waals surface area contributed by atoms with Crippen LogP contribution >= 0.6 is 0 Å². The number of fused-ring (bicyclic) bond motifs is 1. The highest BCUT2D eigenvalue weighted by Gasteiger charge is 2.14. The van der Waals surface area contributed by atoms with Gasteiger partial charge < -0.3 is 8.98 Å². The van der Waals surface area contributed by atoms with Crippen LogP contribution in [0, 0.1) is 18.3 Å². The zero-order chi connectivity index (χ0) is 12.7. The molecule has 4 nitrogen and oxygen atoms in total. The number of furan rings is 1. The van der Waals surface area contributed by atoms with E-state index in [0.29, 0.717) is 5.56 Å². The standard InChI is InChI=1S/C14H11N3O/c1-9-5-6-18-13(9)14-16-11-4-3-10(8-15)7-12(11)17(14)2/h3-7H,1-2H3. The Morgan fingerprint density at radius 2 is 2.17 bits per heavy atom. The lowest BCUT2D eigenvalue weighted by atomic mass is 10.2. The molecule has 2 heterocycles. The van der Waals surface area contributed by atoms with Gasteiger partial charge in [0.15, 0.2) is 11.6 Å². The minimum Gasteiger partial charge on any atom is -0.461 e. The number of nitriles is 1. The molecule has 1 aromatic carbocycles. The van der Waals surface area contributed by atoms with Crippen molar-refractivity contribution in [1.82, 2.24) is 9.55 Å². The van der Waals surface area contributed by atoms with E-state index in [1.54, 1.807) is 12.3 Å². The Hall–Kier alpha value is -2.54. The molecule has 0 atom stereocenters. The molecular formula is C14H11N3O. The second-order valence-electron chi connectivity index (χ2n) is 4.24. The molecule has 0 fully saturated rings. The van der Waals surface area contributed by atoms with Gasteiger partial charge in [0, 0.05) is 7.05 Å². The molecule has 88 valence electrons. The molecule has 18 heavy (non-hydrogen) atoms. The monoisotopic (exact) mass is 237 g/mol. The van der Waals surface area contributed by atoms with Crippen LogP contribution in [0.1, 0.15) is 11.1 Å². The van der Waals surface area contributed by atoms with Crippen LogP contribution in [0.4, 0.5) is 0 Å². The summed E-state index contributed by atoms with van der Waals surface area (Å²) in [5.41, 5.74) is 3.48. The van der Waals surface area contributed by atoms with Crippen LogP contribution in [0.5, 0.6) is 0 Å². The molecule has 4 heteroatoms. The molecule has 0 aliphatic heterocycles. The topological polar surface area (TPSA) is 54.8 Å². The summed E-state index contributed by atoms with van der Waals surface area (Å²) in [6.07, 6.45) is 1.66. The third kappa shape index (κ3) is 1.41. The number of imidazole rings is 1. The average Bonchev–Trinajstić information content (AvgIpc) is 2.93. The molecule has 0 saturated carbocycles. The van der Waals surface area contributed by atoms with Gasteiger partial charge in [-0.15, -0.1) is 0 Å². The lowest BCUT2D eigenvalue weighted by Gasteiger charge is -2.00. The third-order valence-corrected chi connectivity index (χ3v) is 3.08. The highest BCUT2D eigenvalue weighted by Crippen LogP contribution is 2.27. The molecule has 0 amide bonds. The van der Waals surface area contributed by atoms with Gasteiger partial charge in [-0.25, -0.2) is 4.98 Å². The van der Waals surface area contributed by atoms with Crippen LogP contribution in [-0.2, 0) is 7.05 Å². The SMILES string of the molecule is Cc1ccoc1-c1nc2ccc(C#N)cc2n1C. The zero-order valence-corrected chi connectivity index (χ0v) is 10.1. The molecule has 0 bridgehead atoms. The molecule has 0 radical (unpaired) electrons. The Morgan fingerprint density at radius 1 is 1.33 bits per heavy atom. The number of benzene rings is 1. The second kappa shape index (κ2) is 3.74. The molecule has 0 spiro atoms. The van der Waals surface area contributed by atoms with Crippen molar-refractivity contribution >= 4 is 11.0 Å². The molecule has 0 aliphatic carbocycles. The first-order chi connectivity index (χ1) is 8.70. The van der Waals surface area contributed by atoms with Gasteiger partial charge in [0.2, 0.25) is 0 Å². The molecule has 0 unspecified atom stereocenters. The van der Waals surface area contributed by atoms with E-state index in [1.165, 1.54) is 0 Å². The molecule has 0 aliphatic rings. The minimum absolute atomic E-state index is 0.633. The average molecular weight is 237 g/mol. The lowest BCUT2D eigenvalue weighted by molar-refractivity contribution is 0.573. The summed E-state index contributed by atoms with van der Waals surface area (Å²) in [6.45, 7) is 1.99. The van der Waals surface area contributed by atoms with E-state index in [2.05, 4.69) is 11.1 Å². The van der Waals surface area contributed by atoms with Gasteiger partial charge in [-0.3, -0.25) is 0 Å². The summed E-state index contributed by atoms with van der Waals surface area (Å²) in [7, 11) is 1.92. The van der Waals surface area contributed by atoms with Crippen molar-refractivity contribution < 1.29 is 4.42 Å². The van der Waals surface area contributed by atoms with Gasteiger partial charge in [-0.1, -0.05) is 0 Å². The first kappa shape index (κ1) is 10.6. The summed E-state index contributed by atoms with van der Waals surface area (Å²) >= 11 is 0. The van der Waals surface area contributed by atoms with Gasteiger partial charge in [0.1, 0.15) is 0 Å². The molecule has 3 rings (SSSR count). The number of nitrogens with zero attached hydrogens (tertiary/aromatic N) is 3. The summed E-state index contributed by atoms with van der Waals surface area (Å²) in [5.74, 6) is 1.55. The maximum absolute atomic E-state index is 8.92. The van der Waals surface area contributed by atoms with Crippen molar-refractivity contribution in [2.24, 2.45) is 7.05 Å². The van der Waals surface area contributed by atoms with E-state index in [9.17, 15) is 0 Å². The van der Waals surface area contributed by atoms with Crippen LogP contribution in [0.15, 0.2) is 34.9 Å². The minimum atomic E-state index is 0.633. The van der Waals surface area contributed by atoms with Crippen LogP contribution in [-0.4, -0.2) is 9.55 Å². The number of aromatic nitrogens is 2. The Labute approximate surface area is 104 Å². The van der Waals surface area contributed by atoms with Crippen LogP contribution in [0.2, 0.25) is 0 Å². The van der Waals surface area contributed by atoms with Crippen LogP contribution in [0.3, 0.4) is 0 Å². The first-order valence-electron chi connectivity index (χ1n) is 5.62. The molecule has 3 aromatic rings. The van der Waals surface area contributed by atoms with Crippen LogP contribution in [0.25, 0.3) is 22.6 Å². The Bertz CT molecular complexity index is 774. The summed E-state index contributed by atoms with van der Waals surface area (Å²) < 4.78 is 7.42. The Kier molecular flexibility index (Phi) is 2.20. The van der Waals surface area contributed by atoms with E-state index in [-0.39, 0.29) is 0 Å². The van der Waals surface area contributed by atoms with E-state index in [1.807, 2.05) is 36.7 Å². The quantitative estimate of drug-likeness (QED) is 0.653. The normalized spacial score (nSPS) is 10.7. The van der Waals surface area contributed by atoms with Gasteiger partial charge in [0.25, 0.3) is 0 Å². The number of hydrogen-bond acceptors (Lipinski definition) is 3. The van der Waals surface area contributed by atoms with Gasteiger partial charge in [0.05, 0.1) is 28.9 Å². The van der Waals surface area contributed by atoms with Crippen LogP contribution < -0.4 is 0 Å². The summed E-state index contributed by atoms with van der Waals surface area (Å²) in [5, 5.41) is 8.92. The van der Waals surface area contributed by atoms with Crippen molar-refractivity contribution in [3.63, 3.8) is 0 Å². The maximum atomic E-state index is 8.92. The van der Waals surface area contributed by atoms with Crippen molar-refractivity contribution in [2.75, 3.05) is 0 Å². The third-order valence-electron chi connectivity index (χ3n) is 3.08. The highest BCUT2D eigenvalue weighted by atomic mass is 16.3. The smallest absolute Gasteiger partial charge is 0.177 e. The highest BCUT2D eigenvalue weighted by molar-refractivity contribution is 5.81. The van der Waals surface area contributed by atoms with Gasteiger partial charge >= 0.3 is 0 Å². The van der Waals surface area contributed by atoms with Gasteiger partial charge in [-0.2, -0.15) is 5.26 Å². The first-order valence-corrected chi connectivity index (χ1v) is 5.62. The number of hydrogen-bond donors (Lipinski definition) is 0. The number of aryl methyl sites for hydroxylation is 2. The number of rotatable bonds is 1. The van der Waals surface area contributed by atoms with Gasteiger partial charge in [-0.05, 0) is 36.8 Å². The molecule has 2 aromatic heterocycles. The van der Waals surface area contributed by atoms with Crippen molar-refractivity contribution in [3.8, 4) is 17.7 Å². The zero-order valence-electron chi connectivity index (χ0n) is 10.1. The molecule has 0 N–H and O–H groups in total. The van der Waals surface area contributed by atoms with Crippen molar-refractivity contribution in [3.05, 3.63) is 41.7 Å². The van der Waals surface area contributed by atoms with E-state index < -0.39 is 0 Å². The fraction of sp³-hybridized carbons (Fsp3) is 0.143.